The van der Waals surface area contributed by atoms with E-state index in [1.54, 1.807) is 11.3 Å². The van der Waals surface area contributed by atoms with Crippen molar-refractivity contribution in [2.45, 2.75) is 6.54 Å². The molecule has 96 valence electrons. The Kier molecular flexibility index (Phi) is 3.40. The molecule has 0 radical (unpaired) electrons. The highest BCUT2D eigenvalue weighted by molar-refractivity contribution is 9.10. The van der Waals surface area contributed by atoms with E-state index in [1.807, 2.05) is 34.3 Å². The average molecular weight is 334 g/mol. The molecule has 0 atom stereocenters. The fraction of sp³-hybridized carbons (Fsp3) is 0.0714. The van der Waals surface area contributed by atoms with E-state index in [0.717, 1.165) is 15.0 Å². The van der Waals surface area contributed by atoms with Gasteiger partial charge in [0.05, 0.1) is 11.4 Å². The first-order valence-electron chi connectivity index (χ1n) is 5.84. The maximum atomic E-state index is 6.03. The van der Waals surface area contributed by atoms with Gasteiger partial charge in [-0.2, -0.15) is 5.10 Å². The highest BCUT2D eigenvalue weighted by Crippen LogP contribution is 2.25. The molecule has 3 aromatic rings. The molecule has 19 heavy (non-hydrogen) atoms. The normalized spacial score (nSPS) is 10.8. The molecule has 3 nitrogen and oxygen atoms in total. The summed E-state index contributed by atoms with van der Waals surface area (Å²) >= 11 is 5.14. The molecule has 5 heteroatoms. The maximum absolute atomic E-state index is 6.03. The third-order valence-corrected chi connectivity index (χ3v) is 4.19. The van der Waals surface area contributed by atoms with Gasteiger partial charge in [0.1, 0.15) is 11.5 Å². The summed E-state index contributed by atoms with van der Waals surface area (Å²) in [7, 11) is 0. The van der Waals surface area contributed by atoms with Crippen LogP contribution in [-0.2, 0) is 6.54 Å². The highest BCUT2D eigenvalue weighted by atomic mass is 79.9. The highest BCUT2D eigenvalue weighted by Gasteiger charge is 2.08. The van der Waals surface area contributed by atoms with E-state index >= 15 is 0 Å². The third kappa shape index (κ3) is 2.72. The van der Waals surface area contributed by atoms with Gasteiger partial charge in [-0.1, -0.05) is 34.1 Å². The molecule has 2 N–H and O–H groups in total. The van der Waals surface area contributed by atoms with E-state index in [-0.39, 0.29) is 0 Å². The number of nitrogens with two attached hydrogens (primary N) is 1. The third-order valence-electron chi connectivity index (χ3n) is 2.81. The maximum Gasteiger partial charge on any atom is 0.122 e. The number of halogens is 1. The van der Waals surface area contributed by atoms with Crippen LogP contribution < -0.4 is 5.73 Å². The first kappa shape index (κ1) is 12.4. The van der Waals surface area contributed by atoms with E-state index in [1.165, 1.54) is 5.56 Å². The second kappa shape index (κ2) is 5.19. The summed E-state index contributed by atoms with van der Waals surface area (Å²) in [4.78, 5) is 1.14. The Morgan fingerprint density at radius 3 is 2.84 bits per heavy atom. The zero-order valence-corrected chi connectivity index (χ0v) is 12.5. The van der Waals surface area contributed by atoms with Gasteiger partial charge >= 0.3 is 0 Å². The van der Waals surface area contributed by atoms with E-state index in [2.05, 4.69) is 39.2 Å². The van der Waals surface area contributed by atoms with E-state index < -0.39 is 0 Å². The average Bonchev–Trinajstić information content (AvgIpc) is 3.00. The molecule has 0 unspecified atom stereocenters. The van der Waals surface area contributed by atoms with Gasteiger partial charge < -0.3 is 5.73 Å². The van der Waals surface area contributed by atoms with Crippen molar-refractivity contribution in [3.05, 3.63) is 57.9 Å². The number of anilines is 1. The lowest BCUT2D eigenvalue weighted by Gasteiger charge is -2.04. The van der Waals surface area contributed by atoms with Crippen molar-refractivity contribution in [3.8, 4) is 10.6 Å². The summed E-state index contributed by atoms with van der Waals surface area (Å²) in [5.41, 5.74) is 8.13. The minimum Gasteiger partial charge on any atom is -0.384 e. The van der Waals surface area contributed by atoms with Crippen molar-refractivity contribution >= 4 is 33.1 Å². The standard InChI is InChI=1S/C14H12BrN3S/c15-11-4-1-3-10(7-11)9-18-14(16)8-12(17-18)13-5-2-6-19-13/h1-8H,9,16H2. The van der Waals surface area contributed by atoms with Crippen LogP contribution in [0.15, 0.2) is 52.3 Å². The minimum atomic E-state index is 0.677. The molecule has 0 fully saturated rings. The summed E-state index contributed by atoms with van der Waals surface area (Å²) in [6, 6.07) is 14.2. The molecule has 0 saturated carbocycles. The largest absolute Gasteiger partial charge is 0.384 e. The zero-order chi connectivity index (χ0) is 13.2. The van der Waals surface area contributed by atoms with Gasteiger partial charge in [-0.25, -0.2) is 4.68 Å². The Morgan fingerprint density at radius 1 is 1.21 bits per heavy atom. The topological polar surface area (TPSA) is 43.8 Å². The smallest absolute Gasteiger partial charge is 0.122 e. The van der Waals surface area contributed by atoms with E-state index in [0.29, 0.717) is 12.4 Å². The summed E-state index contributed by atoms with van der Waals surface area (Å²) < 4.78 is 2.89. The van der Waals surface area contributed by atoms with Crippen LogP contribution in [0, 0.1) is 0 Å². The van der Waals surface area contributed by atoms with E-state index in [9.17, 15) is 0 Å². The SMILES string of the molecule is Nc1cc(-c2cccs2)nn1Cc1cccc(Br)c1. The van der Waals surface area contributed by atoms with Crippen LogP contribution in [0.3, 0.4) is 0 Å². The monoisotopic (exact) mass is 333 g/mol. The van der Waals surface area contributed by atoms with Gasteiger partial charge in [-0.3, -0.25) is 0 Å². The van der Waals surface area contributed by atoms with Crippen molar-refractivity contribution in [1.82, 2.24) is 9.78 Å². The first-order chi connectivity index (χ1) is 9.22. The molecule has 3 rings (SSSR count). The second-order valence-corrected chi connectivity index (χ2v) is 6.08. The molecule has 0 aliphatic heterocycles. The Bertz CT molecular complexity index is 689. The van der Waals surface area contributed by atoms with Gasteiger partial charge in [0, 0.05) is 10.5 Å². The molecular formula is C14H12BrN3S. The Balaban J connectivity index is 1.90. The number of hydrogen-bond acceptors (Lipinski definition) is 3. The number of hydrogen-bond donors (Lipinski definition) is 1. The van der Waals surface area contributed by atoms with Crippen LogP contribution in [0.1, 0.15) is 5.56 Å². The molecule has 0 bridgehead atoms. The van der Waals surface area contributed by atoms with Crippen molar-refractivity contribution < 1.29 is 0 Å². The molecule has 0 aliphatic rings. The van der Waals surface area contributed by atoms with Crippen molar-refractivity contribution in [2.75, 3.05) is 5.73 Å². The van der Waals surface area contributed by atoms with Crippen LogP contribution in [-0.4, -0.2) is 9.78 Å². The van der Waals surface area contributed by atoms with Crippen LogP contribution in [0.4, 0.5) is 5.82 Å². The molecule has 2 heterocycles. The quantitative estimate of drug-likeness (QED) is 0.787. The van der Waals surface area contributed by atoms with Crippen molar-refractivity contribution in [3.63, 3.8) is 0 Å². The number of nitrogen functional groups attached to an aromatic ring is 1. The lowest BCUT2D eigenvalue weighted by Crippen LogP contribution is -2.05. The summed E-state index contributed by atoms with van der Waals surface area (Å²) in [5.74, 6) is 0.684. The molecule has 0 spiro atoms. The van der Waals surface area contributed by atoms with Crippen molar-refractivity contribution in [1.29, 1.82) is 0 Å². The number of nitrogens with zero attached hydrogens (tertiary/aromatic N) is 2. The fourth-order valence-electron chi connectivity index (χ4n) is 1.91. The van der Waals surface area contributed by atoms with Gasteiger partial charge in [-0.15, -0.1) is 11.3 Å². The molecule has 0 saturated heterocycles. The van der Waals surface area contributed by atoms with Crippen LogP contribution in [0.2, 0.25) is 0 Å². The summed E-state index contributed by atoms with van der Waals surface area (Å²) in [6.07, 6.45) is 0. The predicted molar refractivity (Wildman–Crippen MR) is 83.2 cm³/mol. The van der Waals surface area contributed by atoms with Gasteiger partial charge in [0.2, 0.25) is 0 Å². The van der Waals surface area contributed by atoms with Crippen LogP contribution in [0.25, 0.3) is 10.6 Å². The van der Waals surface area contributed by atoms with Crippen molar-refractivity contribution in [2.24, 2.45) is 0 Å². The lowest BCUT2D eigenvalue weighted by atomic mass is 10.2. The zero-order valence-electron chi connectivity index (χ0n) is 10.1. The van der Waals surface area contributed by atoms with Crippen LogP contribution >= 0.6 is 27.3 Å². The first-order valence-corrected chi connectivity index (χ1v) is 7.51. The lowest BCUT2D eigenvalue weighted by molar-refractivity contribution is 0.700. The number of thiophene rings is 1. The Morgan fingerprint density at radius 2 is 2.11 bits per heavy atom. The van der Waals surface area contributed by atoms with Gasteiger partial charge in [0.15, 0.2) is 0 Å². The summed E-state index contributed by atoms with van der Waals surface area (Å²) in [5, 5.41) is 6.60. The van der Waals surface area contributed by atoms with Gasteiger partial charge in [0.25, 0.3) is 0 Å². The van der Waals surface area contributed by atoms with Gasteiger partial charge in [-0.05, 0) is 29.1 Å². The number of aromatic nitrogens is 2. The Hall–Kier alpha value is -1.59. The summed E-state index contributed by atoms with van der Waals surface area (Å²) in [6.45, 7) is 0.677. The molecule has 1 aromatic carbocycles. The van der Waals surface area contributed by atoms with E-state index in [4.69, 9.17) is 5.73 Å². The Labute approximate surface area is 123 Å². The second-order valence-electron chi connectivity index (χ2n) is 4.22. The number of rotatable bonds is 3. The molecule has 0 aliphatic carbocycles. The molecule has 2 aromatic heterocycles. The molecule has 0 amide bonds. The molecular weight excluding hydrogens is 322 g/mol. The minimum absolute atomic E-state index is 0.677. The fourth-order valence-corrected chi connectivity index (χ4v) is 3.04. The number of benzene rings is 1. The van der Waals surface area contributed by atoms with Crippen LogP contribution in [0.5, 0.6) is 0 Å². The predicted octanol–water partition coefficient (Wildman–Crippen LogP) is 4.00.